The van der Waals surface area contributed by atoms with Crippen LogP contribution in [0.2, 0.25) is 0 Å². The van der Waals surface area contributed by atoms with Crippen LogP contribution in [0.25, 0.3) is 0 Å². The molecular formula is C16H24N6. The lowest BCUT2D eigenvalue weighted by Crippen LogP contribution is -2.26. The molecule has 1 atom stereocenters. The van der Waals surface area contributed by atoms with Crippen molar-refractivity contribution in [1.82, 2.24) is 24.4 Å². The summed E-state index contributed by atoms with van der Waals surface area (Å²) in [6, 6.07) is 0.768. The maximum absolute atomic E-state index is 4.67. The van der Waals surface area contributed by atoms with Gasteiger partial charge in [0, 0.05) is 25.5 Å². The fraction of sp³-hybridized carbons (Fsp3) is 0.562. The lowest BCUT2D eigenvalue weighted by molar-refractivity contribution is 0.233. The zero-order valence-electron chi connectivity index (χ0n) is 13.5. The number of rotatable bonds is 5. The van der Waals surface area contributed by atoms with Crippen LogP contribution in [-0.2, 0) is 6.54 Å². The van der Waals surface area contributed by atoms with E-state index in [0.717, 1.165) is 36.8 Å². The molecule has 118 valence electrons. The van der Waals surface area contributed by atoms with Gasteiger partial charge in [0.1, 0.15) is 11.6 Å². The summed E-state index contributed by atoms with van der Waals surface area (Å²) in [7, 11) is 1.87. The molecule has 3 rings (SSSR count). The summed E-state index contributed by atoms with van der Waals surface area (Å²) in [5, 5.41) is 3.07. The molecule has 1 aliphatic rings. The Morgan fingerprint density at radius 3 is 3.00 bits per heavy atom. The molecule has 1 saturated heterocycles. The molecule has 6 heteroatoms. The van der Waals surface area contributed by atoms with Gasteiger partial charge in [-0.05, 0) is 33.2 Å². The average Bonchev–Trinajstić information content (AvgIpc) is 3.17. The van der Waals surface area contributed by atoms with Crippen LogP contribution < -0.4 is 5.32 Å². The van der Waals surface area contributed by atoms with Crippen molar-refractivity contribution in [3.8, 4) is 0 Å². The molecule has 6 nitrogen and oxygen atoms in total. The normalized spacial score (nSPS) is 19.0. The molecule has 0 bridgehead atoms. The molecule has 0 saturated carbocycles. The zero-order valence-corrected chi connectivity index (χ0v) is 13.5. The van der Waals surface area contributed by atoms with Crippen LogP contribution in [-0.4, -0.2) is 38.0 Å². The van der Waals surface area contributed by atoms with Gasteiger partial charge in [-0.1, -0.05) is 0 Å². The molecule has 1 unspecified atom stereocenters. The number of nitrogens with zero attached hydrogens (tertiary/aromatic N) is 5. The minimum atomic E-state index is 0.332. The van der Waals surface area contributed by atoms with E-state index in [4.69, 9.17) is 0 Å². The first kappa shape index (κ1) is 15.0. The summed E-state index contributed by atoms with van der Waals surface area (Å²) < 4.78 is 2.24. The molecule has 0 spiro atoms. The van der Waals surface area contributed by atoms with Crippen LogP contribution in [0.3, 0.4) is 0 Å². The fourth-order valence-corrected chi connectivity index (χ4v) is 3.13. The van der Waals surface area contributed by atoms with Crippen molar-refractivity contribution >= 4 is 5.82 Å². The Bertz CT molecular complexity index is 621. The standard InChI is InChI=1S/C16H24N6/c1-12(2)22-8-6-19-16(22)11-21-7-4-5-14(21)13-9-18-10-15(17-3)20-13/h6,8-10,12,14H,4-5,7,11H2,1-3H3,(H,17,20). The Hall–Kier alpha value is -1.95. The number of imidazole rings is 1. The van der Waals surface area contributed by atoms with Crippen LogP contribution in [0, 0.1) is 0 Å². The molecular weight excluding hydrogens is 276 g/mol. The topological polar surface area (TPSA) is 58.9 Å². The number of hydrogen-bond acceptors (Lipinski definition) is 5. The molecule has 2 aromatic heterocycles. The molecule has 3 heterocycles. The van der Waals surface area contributed by atoms with Gasteiger partial charge in [0.15, 0.2) is 0 Å². The van der Waals surface area contributed by atoms with E-state index >= 15 is 0 Å². The quantitative estimate of drug-likeness (QED) is 0.920. The minimum absolute atomic E-state index is 0.332. The fourth-order valence-electron chi connectivity index (χ4n) is 3.13. The highest BCUT2D eigenvalue weighted by molar-refractivity contribution is 5.31. The van der Waals surface area contributed by atoms with Gasteiger partial charge in [-0.25, -0.2) is 9.97 Å². The number of likely N-dealkylation sites (tertiary alicyclic amines) is 1. The highest BCUT2D eigenvalue weighted by Crippen LogP contribution is 2.32. The summed E-state index contributed by atoms with van der Waals surface area (Å²) >= 11 is 0. The molecule has 0 radical (unpaired) electrons. The first-order valence-corrected chi connectivity index (χ1v) is 7.94. The van der Waals surface area contributed by atoms with E-state index in [1.54, 1.807) is 6.20 Å². The molecule has 0 aliphatic carbocycles. The van der Waals surface area contributed by atoms with E-state index in [-0.39, 0.29) is 0 Å². The van der Waals surface area contributed by atoms with Crippen molar-refractivity contribution in [3.05, 3.63) is 36.3 Å². The van der Waals surface area contributed by atoms with Gasteiger partial charge in [0.2, 0.25) is 0 Å². The van der Waals surface area contributed by atoms with E-state index in [2.05, 4.69) is 49.8 Å². The molecule has 0 aromatic carbocycles. The van der Waals surface area contributed by atoms with E-state index < -0.39 is 0 Å². The Labute approximate surface area is 131 Å². The number of nitrogens with one attached hydrogen (secondary N) is 1. The van der Waals surface area contributed by atoms with E-state index in [1.807, 2.05) is 19.4 Å². The van der Waals surface area contributed by atoms with Gasteiger partial charge in [-0.2, -0.15) is 0 Å². The van der Waals surface area contributed by atoms with Crippen molar-refractivity contribution in [2.24, 2.45) is 0 Å². The molecule has 0 amide bonds. The Kier molecular flexibility index (Phi) is 4.38. The van der Waals surface area contributed by atoms with Crippen molar-refractivity contribution in [2.45, 2.75) is 45.3 Å². The SMILES string of the molecule is CNc1cncc(C2CCCN2Cc2nccn2C(C)C)n1. The second-order valence-corrected chi connectivity index (χ2v) is 6.05. The first-order valence-electron chi connectivity index (χ1n) is 7.94. The van der Waals surface area contributed by atoms with Gasteiger partial charge < -0.3 is 9.88 Å². The van der Waals surface area contributed by atoms with E-state index in [1.165, 1.54) is 6.42 Å². The minimum Gasteiger partial charge on any atom is -0.372 e. The Morgan fingerprint density at radius 1 is 1.36 bits per heavy atom. The Morgan fingerprint density at radius 2 is 2.23 bits per heavy atom. The summed E-state index contributed by atoms with van der Waals surface area (Å²) in [5.41, 5.74) is 1.05. The van der Waals surface area contributed by atoms with Crippen LogP contribution in [0.5, 0.6) is 0 Å². The third kappa shape index (κ3) is 2.97. The number of hydrogen-bond donors (Lipinski definition) is 1. The lowest BCUT2D eigenvalue weighted by Gasteiger charge is -2.24. The summed E-state index contributed by atoms with van der Waals surface area (Å²) in [4.78, 5) is 16.0. The van der Waals surface area contributed by atoms with Crippen LogP contribution >= 0.6 is 0 Å². The smallest absolute Gasteiger partial charge is 0.144 e. The molecule has 2 aromatic rings. The summed E-state index contributed by atoms with van der Waals surface area (Å²) in [6.07, 6.45) is 9.92. The molecule has 1 N–H and O–H groups in total. The molecule has 1 fully saturated rings. The van der Waals surface area contributed by atoms with Crippen LogP contribution in [0.1, 0.15) is 50.3 Å². The third-order valence-corrected chi connectivity index (χ3v) is 4.26. The largest absolute Gasteiger partial charge is 0.372 e. The van der Waals surface area contributed by atoms with Gasteiger partial charge in [0.25, 0.3) is 0 Å². The lowest BCUT2D eigenvalue weighted by atomic mass is 10.1. The first-order chi connectivity index (χ1) is 10.7. The van der Waals surface area contributed by atoms with Crippen LogP contribution in [0.15, 0.2) is 24.8 Å². The maximum atomic E-state index is 4.67. The Balaban J connectivity index is 1.79. The average molecular weight is 300 g/mol. The van der Waals surface area contributed by atoms with Crippen molar-refractivity contribution in [1.29, 1.82) is 0 Å². The summed E-state index contributed by atoms with van der Waals surface area (Å²) in [5.74, 6) is 1.95. The van der Waals surface area contributed by atoms with Gasteiger partial charge >= 0.3 is 0 Å². The zero-order chi connectivity index (χ0) is 15.5. The van der Waals surface area contributed by atoms with E-state index in [0.29, 0.717) is 12.1 Å². The summed E-state index contributed by atoms with van der Waals surface area (Å²) in [6.45, 7) is 6.32. The third-order valence-electron chi connectivity index (χ3n) is 4.26. The number of anilines is 1. The van der Waals surface area contributed by atoms with Crippen LogP contribution in [0.4, 0.5) is 5.82 Å². The number of aromatic nitrogens is 4. The second-order valence-electron chi connectivity index (χ2n) is 6.05. The van der Waals surface area contributed by atoms with Gasteiger partial charge in [0.05, 0.1) is 30.7 Å². The van der Waals surface area contributed by atoms with Crippen molar-refractivity contribution < 1.29 is 0 Å². The monoisotopic (exact) mass is 300 g/mol. The van der Waals surface area contributed by atoms with Crippen molar-refractivity contribution in [2.75, 3.05) is 18.9 Å². The highest BCUT2D eigenvalue weighted by atomic mass is 15.2. The van der Waals surface area contributed by atoms with Gasteiger partial charge in [-0.15, -0.1) is 0 Å². The molecule has 22 heavy (non-hydrogen) atoms. The van der Waals surface area contributed by atoms with Crippen molar-refractivity contribution in [3.63, 3.8) is 0 Å². The highest BCUT2D eigenvalue weighted by Gasteiger charge is 2.28. The van der Waals surface area contributed by atoms with Gasteiger partial charge in [-0.3, -0.25) is 9.88 Å². The molecule has 1 aliphatic heterocycles. The second kappa shape index (κ2) is 6.44. The predicted octanol–water partition coefficient (Wildman–Crippen LogP) is 2.63. The predicted molar refractivity (Wildman–Crippen MR) is 86.6 cm³/mol. The maximum Gasteiger partial charge on any atom is 0.144 e. The van der Waals surface area contributed by atoms with E-state index in [9.17, 15) is 0 Å².